The van der Waals surface area contributed by atoms with Crippen molar-refractivity contribution in [2.24, 2.45) is 0 Å². The smallest absolute Gasteiger partial charge is 0.338 e. The van der Waals surface area contributed by atoms with Crippen molar-refractivity contribution < 1.29 is 9.53 Å². The molecule has 0 aliphatic heterocycles. The van der Waals surface area contributed by atoms with Crippen LogP contribution in [-0.2, 0) is 11.3 Å². The lowest BCUT2D eigenvalue weighted by molar-refractivity contribution is 0.0468. The number of benzene rings is 2. The normalized spacial score (nSPS) is 10.9. The first-order valence-electron chi connectivity index (χ1n) is 8.00. The molecule has 0 atom stereocenters. The molecule has 128 valence electrons. The van der Waals surface area contributed by atoms with E-state index in [9.17, 15) is 4.79 Å². The molecule has 2 aromatic carbocycles. The fourth-order valence-corrected chi connectivity index (χ4v) is 3.36. The lowest BCUT2D eigenvalue weighted by atomic mass is 10.0. The Hall–Kier alpha value is -2.17. The average molecular weight is 372 g/mol. The van der Waals surface area contributed by atoms with Gasteiger partial charge in [-0.25, -0.2) is 9.78 Å². The largest absolute Gasteiger partial charge is 0.456 e. The summed E-state index contributed by atoms with van der Waals surface area (Å²) in [7, 11) is 0. The van der Waals surface area contributed by atoms with E-state index in [1.54, 1.807) is 35.6 Å². The fourth-order valence-electron chi connectivity index (χ4n) is 2.35. The maximum absolute atomic E-state index is 12.0. The summed E-state index contributed by atoms with van der Waals surface area (Å²) in [5.74, 6) is 0.102. The third-order valence-electron chi connectivity index (χ3n) is 3.79. The summed E-state index contributed by atoms with van der Waals surface area (Å²) in [6.45, 7) is 4.49. The Morgan fingerprint density at radius 3 is 2.64 bits per heavy atom. The van der Waals surface area contributed by atoms with Gasteiger partial charge in [-0.05, 0) is 29.7 Å². The van der Waals surface area contributed by atoms with E-state index in [0.717, 1.165) is 16.3 Å². The fraction of sp³-hybridized carbons (Fsp3) is 0.200. The van der Waals surface area contributed by atoms with Crippen molar-refractivity contribution >= 4 is 28.9 Å². The molecule has 0 aliphatic carbocycles. The number of hydrogen-bond donors (Lipinski definition) is 0. The van der Waals surface area contributed by atoms with Gasteiger partial charge in [0.25, 0.3) is 0 Å². The van der Waals surface area contributed by atoms with Gasteiger partial charge in [-0.1, -0.05) is 55.8 Å². The molecule has 3 rings (SSSR count). The molecular formula is C20H18ClNO2S. The predicted molar refractivity (Wildman–Crippen MR) is 102 cm³/mol. The zero-order chi connectivity index (χ0) is 17.8. The van der Waals surface area contributed by atoms with E-state index in [-0.39, 0.29) is 6.61 Å². The Labute approximate surface area is 156 Å². The molecule has 25 heavy (non-hydrogen) atoms. The Bertz CT molecular complexity index is 871. The molecule has 3 aromatic rings. The van der Waals surface area contributed by atoms with Gasteiger partial charge in [0.15, 0.2) is 0 Å². The van der Waals surface area contributed by atoms with Gasteiger partial charge in [0.2, 0.25) is 0 Å². The molecule has 3 nitrogen and oxygen atoms in total. The minimum atomic E-state index is -0.404. The molecule has 0 spiro atoms. The van der Waals surface area contributed by atoms with Gasteiger partial charge >= 0.3 is 5.97 Å². The van der Waals surface area contributed by atoms with E-state index >= 15 is 0 Å². The third-order valence-corrected chi connectivity index (χ3v) is 4.96. The van der Waals surface area contributed by atoms with Crippen LogP contribution in [0.2, 0.25) is 5.02 Å². The lowest BCUT2D eigenvalue weighted by Gasteiger charge is -2.05. The highest BCUT2D eigenvalue weighted by Crippen LogP contribution is 2.26. The summed E-state index contributed by atoms with van der Waals surface area (Å²) in [5, 5.41) is 3.34. The van der Waals surface area contributed by atoms with Crippen LogP contribution in [0.4, 0.5) is 0 Å². The minimum absolute atomic E-state index is 0.145. The van der Waals surface area contributed by atoms with E-state index < -0.39 is 5.97 Å². The topological polar surface area (TPSA) is 39.2 Å². The molecule has 1 aromatic heterocycles. The molecule has 0 radical (unpaired) electrons. The molecular weight excluding hydrogens is 354 g/mol. The number of carbonyl (C=O) groups is 1. The molecule has 0 bridgehead atoms. The highest BCUT2D eigenvalue weighted by atomic mass is 35.5. The predicted octanol–water partition coefficient (Wildman–Crippen LogP) is 5.94. The van der Waals surface area contributed by atoms with Crippen LogP contribution in [0.3, 0.4) is 0 Å². The summed E-state index contributed by atoms with van der Waals surface area (Å²) < 4.78 is 5.32. The highest BCUT2D eigenvalue weighted by Gasteiger charge is 2.10. The zero-order valence-corrected chi connectivity index (χ0v) is 15.6. The van der Waals surface area contributed by atoms with Gasteiger partial charge in [-0.2, -0.15) is 0 Å². The maximum atomic E-state index is 12.0. The van der Waals surface area contributed by atoms with Crippen molar-refractivity contribution in [3.05, 3.63) is 75.8 Å². The number of thiazole rings is 1. The van der Waals surface area contributed by atoms with E-state index in [4.69, 9.17) is 16.3 Å². The molecule has 0 fully saturated rings. The van der Waals surface area contributed by atoms with Gasteiger partial charge in [0, 0.05) is 16.0 Å². The van der Waals surface area contributed by atoms with Crippen LogP contribution in [0.1, 0.15) is 41.4 Å². The van der Waals surface area contributed by atoms with Crippen molar-refractivity contribution in [1.29, 1.82) is 0 Å². The zero-order valence-electron chi connectivity index (χ0n) is 14.0. The summed E-state index contributed by atoms with van der Waals surface area (Å²) in [4.78, 5) is 16.6. The van der Waals surface area contributed by atoms with Gasteiger partial charge < -0.3 is 4.74 Å². The summed E-state index contributed by atoms with van der Waals surface area (Å²) in [6, 6.07) is 15.1. The van der Waals surface area contributed by atoms with Crippen LogP contribution in [0.25, 0.3) is 10.6 Å². The molecule has 0 saturated heterocycles. The molecule has 0 aliphatic rings. The van der Waals surface area contributed by atoms with Crippen molar-refractivity contribution in [3.63, 3.8) is 0 Å². The van der Waals surface area contributed by atoms with Crippen LogP contribution in [0.15, 0.2) is 53.9 Å². The van der Waals surface area contributed by atoms with Crippen LogP contribution in [0.5, 0.6) is 0 Å². The number of ether oxygens (including phenoxy) is 1. The SMILES string of the molecule is CC(C)c1ccc(-c2nc(COC(=O)c3cccc(Cl)c3)cs2)cc1. The average Bonchev–Trinajstić information content (AvgIpc) is 3.08. The second-order valence-corrected chi connectivity index (χ2v) is 7.30. The van der Waals surface area contributed by atoms with Gasteiger partial charge in [0.1, 0.15) is 11.6 Å². The molecule has 0 amide bonds. The van der Waals surface area contributed by atoms with Gasteiger partial charge in [0.05, 0.1) is 11.3 Å². The van der Waals surface area contributed by atoms with E-state index in [1.807, 2.05) is 5.38 Å². The number of nitrogens with zero attached hydrogens (tertiary/aromatic N) is 1. The van der Waals surface area contributed by atoms with Crippen molar-refractivity contribution in [2.45, 2.75) is 26.4 Å². The van der Waals surface area contributed by atoms with E-state index in [0.29, 0.717) is 16.5 Å². The number of aromatic nitrogens is 1. The Kier molecular flexibility index (Phi) is 5.51. The molecule has 1 heterocycles. The maximum Gasteiger partial charge on any atom is 0.338 e. The highest BCUT2D eigenvalue weighted by molar-refractivity contribution is 7.13. The summed E-state index contributed by atoms with van der Waals surface area (Å²) in [5.41, 5.74) is 3.55. The standard InChI is InChI=1S/C20H18ClNO2S/c1-13(2)14-6-8-15(9-7-14)19-22-18(12-25-19)11-24-20(23)16-4-3-5-17(21)10-16/h3-10,12-13H,11H2,1-2H3. The van der Waals surface area contributed by atoms with Crippen LogP contribution in [0, 0.1) is 0 Å². The third kappa shape index (κ3) is 4.47. The Morgan fingerprint density at radius 1 is 1.20 bits per heavy atom. The number of rotatable bonds is 5. The number of halogens is 1. The van der Waals surface area contributed by atoms with Crippen molar-refractivity contribution in [2.75, 3.05) is 0 Å². The van der Waals surface area contributed by atoms with Gasteiger partial charge in [-0.15, -0.1) is 11.3 Å². The first-order valence-corrected chi connectivity index (χ1v) is 9.26. The second kappa shape index (κ2) is 7.81. The quantitative estimate of drug-likeness (QED) is 0.520. The number of carbonyl (C=O) groups excluding carboxylic acids is 1. The van der Waals surface area contributed by atoms with Crippen LogP contribution >= 0.6 is 22.9 Å². The van der Waals surface area contributed by atoms with Gasteiger partial charge in [-0.3, -0.25) is 0 Å². The lowest BCUT2D eigenvalue weighted by Crippen LogP contribution is -2.05. The Balaban J connectivity index is 1.64. The van der Waals surface area contributed by atoms with E-state index in [1.165, 1.54) is 5.56 Å². The molecule has 5 heteroatoms. The van der Waals surface area contributed by atoms with E-state index in [2.05, 4.69) is 43.1 Å². The minimum Gasteiger partial charge on any atom is -0.456 e. The summed E-state index contributed by atoms with van der Waals surface area (Å²) >= 11 is 7.43. The van der Waals surface area contributed by atoms with Crippen molar-refractivity contribution in [1.82, 2.24) is 4.98 Å². The first-order chi connectivity index (χ1) is 12.0. The van der Waals surface area contributed by atoms with Crippen molar-refractivity contribution in [3.8, 4) is 10.6 Å². The first kappa shape index (κ1) is 17.6. The molecule has 0 saturated carbocycles. The summed E-state index contributed by atoms with van der Waals surface area (Å²) in [6.07, 6.45) is 0. The second-order valence-electron chi connectivity index (χ2n) is 6.01. The molecule has 0 unspecified atom stereocenters. The van der Waals surface area contributed by atoms with Crippen LogP contribution in [-0.4, -0.2) is 11.0 Å². The Morgan fingerprint density at radius 2 is 1.96 bits per heavy atom. The number of esters is 1. The molecule has 0 N–H and O–H groups in total. The number of hydrogen-bond acceptors (Lipinski definition) is 4. The van der Waals surface area contributed by atoms with Crippen LogP contribution < -0.4 is 0 Å². The monoisotopic (exact) mass is 371 g/mol.